The van der Waals surface area contributed by atoms with Gasteiger partial charge < -0.3 is 10.2 Å². The smallest absolute Gasteiger partial charge is 0.225 e. The van der Waals surface area contributed by atoms with E-state index >= 15 is 0 Å². The van der Waals surface area contributed by atoms with Gasteiger partial charge >= 0.3 is 0 Å². The number of nitrogens with one attached hydrogen (secondary N) is 1. The predicted molar refractivity (Wildman–Crippen MR) is 102 cm³/mol. The average molecular weight is 379 g/mol. The van der Waals surface area contributed by atoms with E-state index in [0.29, 0.717) is 13.0 Å². The first-order valence-corrected chi connectivity index (χ1v) is 9.79. The van der Waals surface area contributed by atoms with Gasteiger partial charge in [0.15, 0.2) is 0 Å². The standard InChI is InChI=1S/C18H23ClN4OS/c1-12(2)20-17(24)14-4-3-9-23(11-14)18-21-16(22-25-18)10-13-5-7-15(19)8-6-13/h5-8,12,14H,3-4,9-11H2,1-2H3,(H,20,24)/t14-/m1/s1. The second-order valence-corrected chi connectivity index (χ2v) is 7.91. The van der Waals surface area contributed by atoms with Gasteiger partial charge in [-0.3, -0.25) is 4.79 Å². The molecule has 134 valence electrons. The number of piperidine rings is 1. The Labute approximate surface area is 157 Å². The number of anilines is 1. The van der Waals surface area contributed by atoms with E-state index < -0.39 is 0 Å². The van der Waals surface area contributed by atoms with Crippen LogP contribution < -0.4 is 10.2 Å². The minimum atomic E-state index is 0.0276. The maximum absolute atomic E-state index is 12.3. The van der Waals surface area contributed by atoms with Crippen LogP contribution in [0.5, 0.6) is 0 Å². The summed E-state index contributed by atoms with van der Waals surface area (Å²) >= 11 is 7.34. The lowest BCUT2D eigenvalue weighted by Crippen LogP contribution is -2.44. The number of benzene rings is 1. The Hall–Kier alpha value is -1.66. The lowest BCUT2D eigenvalue weighted by atomic mass is 9.97. The molecule has 0 unspecified atom stereocenters. The van der Waals surface area contributed by atoms with Crippen molar-refractivity contribution < 1.29 is 4.79 Å². The maximum Gasteiger partial charge on any atom is 0.225 e. The van der Waals surface area contributed by atoms with E-state index in [0.717, 1.165) is 40.9 Å². The Balaban J connectivity index is 1.63. The molecule has 1 aromatic heterocycles. The fourth-order valence-corrected chi connectivity index (χ4v) is 3.84. The van der Waals surface area contributed by atoms with E-state index in [1.807, 2.05) is 38.1 Å². The van der Waals surface area contributed by atoms with Crippen molar-refractivity contribution in [2.75, 3.05) is 18.0 Å². The minimum Gasteiger partial charge on any atom is -0.354 e. The Bertz CT molecular complexity index is 716. The third-order valence-corrected chi connectivity index (χ3v) is 5.29. The van der Waals surface area contributed by atoms with Gasteiger partial charge in [0, 0.05) is 42.1 Å². The van der Waals surface area contributed by atoms with Crippen LogP contribution in [0.1, 0.15) is 38.1 Å². The zero-order chi connectivity index (χ0) is 17.8. The zero-order valence-corrected chi connectivity index (χ0v) is 16.1. The van der Waals surface area contributed by atoms with Crippen molar-refractivity contribution in [1.82, 2.24) is 14.7 Å². The van der Waals surface area contributed by atoms with E-state index in [9.17, 15) is 4.79 Å². The number of carbonyl (C=O) groups is 1. The number of halogens is 1. The third kappa shape index (κ3) is 4.92. The molecule has 1 fully saturated rings. The molecule has 2 aromatic rings. The summed E-state index contributed by atoms with van der Waals surface area (Å²) in [5.74, 6) is 0.987. The second-order valence-electron chi connectivity index (χ2n) is 6.74. The van der Waals surface area contributed by atoms with E-state index in [4.69, 9.17) is 11.6 Å². The maximum atomic E-state index is 12.3. The van der Waals surface area contributed by atoms with Crippen molar-refractivity contribution in [3.05, 3.63) is 40.7 Å². The molecular formula is C18H23ClN4OS. The molecule has 0 radical (unpaired) electrons. The van der Waals surface area contributed by atoms with E-state index in [1.54, 1.807) is 0 Å². The van der Waals surface area contributed by atoms with Crippen molar-refractivity contribution in [2.45, 2.75) is 39.2 Å². The molecule has 3 rings (SSSR count). The van der Waals surface area contributed by atoms with Gasteiger partial charge in [-0.2, -0.15) is 4.37 Å². The summed E-state index contributed by atoms with van der Waals surface area (Å²) < 4.78 is 4.48. The Morgan fingerprint density at radius 1 is 1.40 bits per heavy atom. The van der Waals surface area contributed by atoms with Crippen molar-refractivity contribution >= 4 is 34.2 Å². The van der Waals surface area contributed by atoms with Crippen LogP contribution in [-0.4, -0.2) is 34.4 Å². The SMILES string of the molecule is CC(C)NC(=O)[C@@H]1CCCN(c2nc(Cc3ccc(Cl)cc3)ns2)C1. The second kappa shape index (κ2) is 8.15. The van der Waals surface area contributed by atoms with Gasteiger partial charge in [-0.1, -0.05) is 23.7 Å². The van der Waals surface area contributed by atoms with Crippen LogP contribution in [0.2, 0.25) is 5.02 Å². The third-order valence-electron chi connectivity index (χ3n) is 4.23. The monoisotopic (exact) mass is 378 g/mol. The first kappa shape index (κ1) is 18.1. The average Bonchev–Trinajstić information content (AvgIpc) is 3.05. The van der Waals surface area contributed by atoms with E-state index in [-0.39, 0.29) is 17.9 Å². The molecule has 1 atom stereocenters. The Morgan fingerprint density at radius 3 is 2.88 bits per heavy atom. The van der Waals surface area contributed by atoms with Crippen LogP contribution in [0.25, 0.3) is 0 Å². The summed E-state index contributed by atoms with van der Waals surface area (Å²) in [7, 11) is 0. The number of amides is 1. The van der Waals surface area contributed by atoms with Crippen molar-refractivity contribution in [1.29, 1.82) is 0 Å². The Kier molecular flexibility index (Phi) is 5.91. The summed E-state index contributed by atoms with van der Waals surface area (Å²) in [5.41, 5.74) is 1.14. The van der Waals surface area contributed by atoms with E-state index in [2.05, 4.69) is 19.6 Å². The molecule has 2 heterocycles. The largest absolute Gasteiger partial charge is 0.354 e. The highest BCUT2D eigenvalue weighted by atomic mass is 35.5. The lowest BCUT2D eigenvalue weighted by molar-refractivity contribution is -0.125. The molecule has 0 saturated carbocycles. The number of hydrogen-bond acceptors (Lipinski definition) is 5. The normalized spacial score (nSPS) is 17.8. The Morgan fingerprint density at radius 2 is 2.16 bits per heavy atom. The molecule has 5 nitrogen and oxygen atoms in total. The van der Waals surface area contributed by atoms with Crippen molar-refractivity contribution in [3.8, 4) is 0 Å². The van der Waals surface area contributed by atoms with Gasteiger partial charge in [0.1, 0.15) is 5.82 Å². The fourth-order valence-electron chi connectivity index (χ4n) is 3.00. The number of hydrogen-bond donors (Lipinski definition) is 1. The molecule has 1 N–H and O–H groups in total. The fraction of sp³-hybridized carbons (Fsp3) is 0.500. The molecule has 1 aliphatic rings. The van der Waals surface area contributed by atoms with E-state index in [1.165, 1.54) is 11.5 Å². The van der Waals surface area contributed by atoms with Crippen LogP contribution in [0.3, 0.4) is 0 Å². The summed E-state index contributed by atoms with van der Waals surface area (Å²) in [4.78, 5) is 19.1. The molecular weight excluding hydrogens is 356 g/mol. The summed E-state index contributed by atoms with van der Waals surface area (Å²) in [6.45, 7) is 5.63. The van der Waals surface area contributed by atoms with Gasteiger partial charge in [-0.15, -0.1) is 0 Å². The molecule has 1 aromatic carbocycles. The van der Waals surface area contributed by atoms with Gasteiger partial charge in [-0.05, 0) is 44.4 Å². The predicted octanol–water partition coefficient (Wildman–Crippen LogP) is 3.52. The molecule has 0 spiro atoms. The molecule has 0 bridgehead atoms. The van der Waals surface area contributed by atoms with Crippen LogP contribution in [0.15, 0.2) is 24.3 Å². The van der Waals surface area contributed by atoms with Gasteiger partial charge in [0.25, 0.3) is 0 Å². The molecule has 25 heavy (non-hydrogen) atoms. The van der Waals surface area contributed by atoms with Crippen molar-refractivity contribution in [3.63, 3.8) is 0 Å². The molecule has 1 amide bonds. The quantitative estimate of drug-likeness (QED) is 0.864. The molecule has 1 saturated heterocycles. The summed E-state index contributed by atoms with van der Waals surface area (Å²) in [5, 5.41) is 4.66. The number of rotatable bonds is 5. The van der Waals surface area contributed by atoms with Crippen LogP contribution >= 0.6 is 23.1 Å². The summed E-state index contributed by atoms with van der Waals surface area (Å²) in [6.07, 6.45) is 2.63. The van der Waals surface area contributed by atoms with Gasteiger partial charge in [0.05, 0.1) is 5.92 Å². The highest BCUT2D eigenvalue weighted by Crippen LogP contribution is 2.25. The first-order valence-electron chi connectivity index (χ1n) is 8.63. The topological polar surface area (TPSA) is 58.1 Å². The minimum absolute atomic E-state index is 0.0276. The highest BCUT2D eigenvalue weighted by molar-refractivity contribution is 7.09. The van der Waals surface area contributed by atoms with Crippen molar-refractivity contribution in [2.24, 2.45) is 5.92 Å². The van der Waals surface area contributed by atoms with Crippen LogP contribution in [0, 0.1) is 5.92 Å². The first-order chi connectivity index (χ1) is 12.0. The highest BCUT2D eigenvalue weighted by Gasteiger charge is 2.27. The molecule has 0 aliphatic carbocycles. The molecule has 1 aliphatic heterocycles. The zero-order valence-electron chi connectivity index (χ0n) is 14.5. The number of nitrogens with zero attached hydrogens (tertiary/aromatic N) is 3. The molecule has 7 heteroatoms. The summed E-state index contributed by atoms with van der Waals surface area (Å²) in [6, 6.07) is 7.93. The number of aromatic nitrogens is 2. The van der Waals surface area contributed by atoms with Gasteiger partial charge in [0.2, 0.25) is 11.0 Å². The van der Waals surface area contributed by atoms with Crippen LogP contribution in [-0.2, 0) is 11.2 Å². The number of carbonyl (C=O) groups excluding carboxylic acids is 1. The lowest BCUT2D eigenvalue weighted by Gasteiger charge is -2.31. The van der Waals surface area contributed by atoms with Crippen LogP contribution in [0.4, 0.5) is 5.13 Å². The van der Waals surface area contributed by atoms with Gasteiger partial charge in [-0.25, -0.2) is 4.98 Å².